The van der Waals surface area contributed by atoms with E-state index in [4.69, 9.17) is 4.74 Å². The van der Waals surface area contributed by atoms with Gasteiger partial charge in [0, 0.05) is 6.42 Å². The standard InChI is InChI=1S/C17H22O5/c1-4-13(10-9-12(2)18)11-22-17(20)15-8-6-5-7-14(15)16(19)21-3/h5-8,13H,4,9-11H2,1-3H3. The molecule has 0 fully saturated rings. The molecule has 1 atom stereocenters. The molecule has 22 heavy (non-hydrogen) atoms. The smallest absolute Gasteiger partial charge is 0.339 e. The molecule has 5 nitrogen and oxygen atoms in total. The van der Waals surface area contributed by atoms with Crippen LogP contribution < -0.4 is 0 Å². The topological polar surface area (TPSA) is 69.7 Å². The van der Waals surface area contributed by atoms with E-state index >= 15 is 0 Å². The van der Waals surface area contributed by atoms with Crippen molar-refractivity contribution in [1.29, 1.82) is 0 Å². The SMILES string of the molecule is CCC(CCC(C)=O)COC(=O)c1ccccc1C(=O)OC. The molecule has 0 heterocycles. The van der Waals surface area contributed by atoms with Gasteiger partial charge in [-0.25, -0.2) is 9.59 Å². The highest BCUT2D eigenvalue weighted by Gasteiger charge is 2.19. The Morgan fingerprint density at radius 2 is 1.68 bits per heavy atom. The van der Waals surface area contributed by atoms with Crippen LogP contribution in [0.3, 0.4) is 0 Å². The maximum absolute atomic E-state index is 12.1. The molecular weight excluding hydrogens is 284 g/mol. The van der Waals surface area contributed by atoms with E-state index in [9.17, 15) is 14.4 Å². The summed E-state index contributed by atoms with van der Waals surface area (Å²) in [5, 5.41) is 0. The van der Waals surface area contributed by atoms with Crippen molar-refractivity contribution >= 4 is 17.7 Å². The van der Waals surface area contributed by atoms with Gasteiger partial charge in [-0.15, -0.1) is 0 Å². The molecule has 0 saturated heterocycles. The van der Waals surface area contributed by atoms with E-state index < -0.39 is 11.9 Å². The summed E-state index contributed by atoms with van der Waals surface area (Å²) < 4.78 is 9.95. The second-order valence-corrected chi connectivity index (χ2v) is 5.15. The third kappa shape index (κ3) is 5.31. The molecule has 0 N–H and O–H groups in total. The van der Waals surface area contributed by atoms with E-state index in [1.165, 1.54) is 19.2 Å². The first-order chi connectivity index (χ1) is 10.5. The minimum atomic E-state index is -0.573. The third-order valence-corrected chi connectivity index (χ3v) is 3.48. The molecule has 5 heteroatoms. The van der Waals surface area contributed by atoms with Crippen molar-refractivity contribution in [1.82, 2.24) is 0 Å². The summed E-state index contributed by atoms with van der Waals surface area (Å²) in [6, 6.07) is 6.38. The predicted octanol–water partition coefficient (Wildman–Crippen LogP) is 3.03. The van der Waals surface area contributed by atoms with Crippen molar-refractivity contribution in [3.05, 3.63) is 35.4 Å². The Balaban J connectivity index is 2.69. The van der Waals surface area contributed by atoms with Crippen LogP contribution in [0.25, 0.3) is 0 Å². The molecule has 0 radical (unpaired) electrons. The number of esters is 2. The van der Waals surface area contributed by atoms with Crippen LogP contribution in [0.2, 0.25) is 0 Å². The lowest BCUT2D eigenvalue weighted by atomic mass is 10.00. The van der Waals surface area contributed by atoms with Gasteiger partial charge in [-0.05, 0) is 31.4 Å². The lowest BCUT2D eigenvalue weighted by molar-refractivity contribution is -0.117. The zero-order valence-electron chi connectivity index (χ0n) is 13.3. The van der Waals surface area contributed by atoms with E-state index in [0.29, 0.717) is 12.8 Å². The number of rotatable bonds is 8. The summed E-state index contributed by atoms with van der Waals surface area (Å²) in [6.07, 6.45) is 1.99. The van der Waals surface area contributed by atoms with Crippen LogP contribution in [0.4, 0.5) is 0 Å². The quantitative estimate of drug-likeness (QED) is 0.690. The first kappa shape index (κ1) is 17.9. The first-order valence-electron chi connectivity index (χ1n) is 7.33. The molecule has 0 aliphatic rings. The molecular formula is C17H22O5. The maximum Gasteiger partial charge on any atom is 0.339 e. The predicted molar refractivity (Wildman–Crippen MR) is 81.8 cm³/mol. The third-order valence-electron chi connectivity index (χ3n) is 3.48. The average molecular weight is 306 g/mol. The summed E-state index contributed by atoms with van der Waals surface area (Å²) in [4.78, 5) is 34.8. The van der Waals surface area contributed by atoms with Crippen LogP contribution in [-0.2, 0) is 14.3 Å². The van der Waals surface area contributed by atoms with E-state index in [2.05, 4.69) is 4.74 Å². The average Bonchev–Trinajstić information content (AvgIpc) is 2.53. The van der Waals surface area contributed by atoms with Crippen molar-refractivity contribution in [2.75, 3.05) is 13.7 Å². The highest BCUT2D eigenvalue weighted by Crippen LogP contribution is 2.15. The first-order valence-corrected chi connectivity index (χ1v) is 7.33. The molecule has 0 aliphatic carbocycles. The van der Waals surface area contributed by atoms with Crippen molar-refractivity contribution < 1.29 is 23.9 Å². The van der Waals surface area contributed by atoms with E-state index in [1.807, 2.05) is 6.92 Å². The minimum absolute atomic E-state index is 0.126. The van der Waals surface area contributed by atoms with Crippen LogP contribution in [-0.4, -0.2) is 31.4 Å². The second kappa shape index (κ2) is 8.97. The largest absolute Gasteiger partial charge is 0.465 e. The molecule has 1 unspecified atom stereocenters. The Hall–Kier alpha value is -2.17. The molecule has 0 aromatic heterocycles. The van der Waals surface area contributed by atoms with Crippen LogP contribution >= 0.6 is 0 Å². The fourth-order valence-corrected chi connectivity index (χ4v) is 2.03. The summed E-state index contributed by atoms with van der Waals surface area (Å²) >= 11 is 0. The molecule has 1 rings (SSSR count). The Kier molecular flexibility index (Phi) is 7.29. The zero-order chi connectivity index (χ0) is 16.5. The number of hydrogen-bond donors (Lipinski definition) is 0. The van der Waals surface area contributed by atoms with Crippen molar-refractivity contribution in [3.63, 3.8) is 0 Å². The van der Waals surface area contributed by atoms with Gasteiger partial charge in [0.05, 0.1) is 24.8 Å². The Morgan fingerprint density at radius 1 is 1.09 bits per heavy atom. The molecule has 0 amide bonds. The van der Waals surface area contributed by atoms with Gasteiger partial charge >= 0.3 is 11.9 Å². The van der Waals surface area contributed by atoms with Gasteiger partial charge in [-0.3, -0.25) is 0 Å². The van der Waals surface area contributed by atoms with Crippen LogP contribution in [0, 0.1) is 5.92 Å². The lowest BCUT2D eigenvalue weighted by Gasteiger charge is -2.15. The van der Waals surface area contributed by atoms with E-state index in [-0.39, 0.29) is 29.4 Å². The summed E-state index contributed by atoms with van der Waals surface area (Å²) in [6.45, 7) is 3.77. The van der Waals surface area contributed by atoms with Crippen molar-refractivity contribution in [2.45, 2.75) is 33.1 Å². The number of carbonyl (C=O) groups is 3. The Morgan fingerprint density at radius 3 is 2.18 bits per heavy atom. The summed E-state index contributed by atoms with van der Waals surface area (Å²) in [5.41, 5.74) is 0.377. The Labute approximate surface area is 130 Å². The van der Waals surface area contributed by atoms with E-state index in [0.717, 1.165) is 6.42 Å². The van der Waals surface area contributed by atoms with E-state index in [1.54, 1.807) is 19.1 Å². The van der Waals surface area contributed by atoms with Gasteiger partial charge in [-0.2, -0.15) is 0 Å². The number of methoxy groups -OCH3 is 1. The fourth-order valence-electron chi connectivity index (χ4n) is 2.03. The van der Waals surface area contributed by atoms with Gasteiger partial charge in [0.15, 0.2) is 0 Å². The van der Waals surface area contributed by atoms with Gasteiger partial charge in [0.2, 0.25) is 0 Å². The van der Waals surface area contributed by atoms with Crippen LogP contribution in [0.5, 0.6) is 0 Å². The van der Waals surface area contributed by atoms with Gasteiger partial charge < -0.3 is 14.3 Å². The Bertz CT molecular complexity index is 536. The number of benzene rings is 1. The molecule has 1 aromatic rings. The molecule has 0 bridgehead atoms. The highest BCUT2D eigenvalue weighted by molar-refractivity contribution is 6.03. The van der Waals surface area contributed by atoms with Gasteiger partial charge in [0.1, 0.15) is 5.78 Å². The fraction of sp³-hybridized carbons (Fsp3) is 0.471. The molecule has 0 saturated carbocycles. The number of hydrogen-bond acceptors (Lipinski definition) is 5. The monoisotopic (exact) mass is 306 g/mol. The number of ether oxygens (including phenoxy) is 2. The highest BCUT2D eigenvalue weighted by atomic mass is 16.5. The van der Waals surface area contributed by atoms with Crippen LogP contribution in [0.15, 0.2) is 24.3 Å². The van der Waals surface area contributed by atoms with Gasteiger partial charge in [-0.1, -0.05) is 25.5 Å². The molecule has 0 spiro atoms. The normalized spacial score (nSPS) is 11.6. The molecule has 1 aromatic carbocycles. The summed E-state index contributed by atoms with van der Waals surface area (Å²) in [5.74, 6) is -0.864. The maximum atomic E-state index is 12.1. The lowest BCUT2D eigenvalue weighted by Crippen LogP contribution is -2.17. The second-order valence-electron chi connectivity index (χ2n) is 5.15. The minimum Gasteiger partial charge on any atom is -0.465 e. The number of Topliss-reactive ketones (excluding diaryl/α,β-unsaturated/α-hetero) is 1. The summed E-state index contributed by atoms with van der Waals surface area (Å²) in [7, 11) is 1.26. The number of carbonyl (C=O) groups excluding carboxylic acids is 3. The number of ketones is 1. The van der Waals surface area contributed by atoms with Crippen molar-refractivity contribution in [2.24, 2.45) is 5.92 Å². The molecule has 120 valence electrons. The molecule has 0 aliphatic heterocycles. The van der Waals surface area contributed by atoms with Gasteiger partial charge in [0.25, 0.3) is 0 Å². The van der Waals surface area contributed by atoms with Crippen LogP contribution in [0.1, 0.15) is 53.8 Å². The zero-order valence-corrected chi connectivity index (χ0v) is 13.3. The van der Waals surface area contributed by atoms with Crippen molar-refractivity contribution in [3.8, 4) is 0 Å².